The summed E-state index contributed by atoms with van der Waals surface area (Å²) in [6, 6.07) is 4.96. The molecule has 0 aliphatic heterocycles. The van der Waals surface area contributed by atoms with Crippen molar-refractivity contribution in [1.29, 1.82) is 0 Å². The minimum absolute atomic E-state index is 0.0484. The highest BCUT2D eigenvalue weighted by Gasteiger charge is 2.18. The molecule has 1 rings (SSSR count). The van der Waals surface area contributed by atoms with E-state index < -0.39 is 0 Å². The molecule has 1 nitrogen and oxygen atoms in total. The average Bonchev–Trinajstić information content (AvgIpc) is 2.33. The molecule has 0 saturated carbocycles. The first-order valence-corrected chi connectivity index (χ1v) is 7.72. The number of hydrogen-bond donors (Lipinski definition) is 0. The number of carbonyl (C=O) groups is 1. The van der Waals surface area contributed by atoms with Gasteiger partial charge in [0.05, 0.1) is 14.9 Å². The summed E-state index contributed by atoms with van der Waals surface area (Å²) in [5.74, 6) is 0.517. The Labute approximate surface area is 128 Å². The molecule has 0 bridgehead atoms. The van der Waals surface area contributed by atoms with Crippen LogP contribution in [0.3, 0.4) is 0 Å². The van der Waals surface area contributed by atoms with E-state index in [0.717, 1.165) is 6.42 Å². The first kappa shape index (κ1) is 17.9. The molecular weight excluding hydrogens is 335 g/mol. The standard InChI is InChI=1S/C12H13BrCl2O.C2H6/c1-7(2)5-9(13)12(16)8-3-4-10(14)11(15)6-8;1-2/h3-4,6-7,9H,5H2,1-2H3;1-2H3. The van der Waals surface area contributed by atoms with E-state index in [9.17, 15) is 4.79 Å². The minimum Gasteiger partial charge on any atom is -0.293 e. The molecule has 0 amide bonds. The van der Waals surface area contributed by atoms with Gasteiger partial charge in [0.25, 0.3) is 0 Å². The molecule has 4 heteroatoms. The molecular formula is C14H19BrCl2O. The van der Waals surface area contributed by atoms with E-state index in [1.165, 1.54) is 0 Å². The van der Waals surface area contributed by atoms with Gasteiger partial charge >= 0.3 is 0 Å². The lowest BCUT2D eigenvalue weighted by Gasteiger charge is -2.11. The van der Waals surface area contributed by atoms with Crippen LogP contribution in [0.2, 0.25) is 10.0 Å². The van der Waals surface area contributed by atoms with Gasteiger partial charge in [-0.25, -0.2) is 0 Å². The van der Waals surface area contributed by atoms with Crippen molar-refractivity contribution in [3.63, 3.8) is 0 Å². The maximum atomic E-state index is 12.0. The number of halogens is 3. The fraction of sp³-hybridized carbons (Fsp3) is 0.500. The SMILES string of the molecule is CC.CC(C)CC(Br)C(=O)c1ccc(Cl)c(Cl)c1. The van der Waals surface area contributed by atoms with Crippen LogP contribution in [-0.4, -0.2) is 10.6 Å². The zero-order valence-corrected chi connectivity index (χ0v) is 14.2. The zero-order valence-electron chi connectivity index (χ0n) is 11.1. The lowest BCUT2D eigenvalue weighted by molar-refractivity contribution is 0.0984. The fourth-order valence-electron chi connectivity index (χ4n) is 1.35. The monoisotopic (exact) mass is 352 g/mol. The molecule has 0 spiro atoms. The van der Waals surface area contributed by atoms with E-state index in [2.05, 4.69) is 29.8 Å². The van der Waals surface area contributed by atoms with Crippen LogP contribution in [0.4, 0.5) is 0 Å². The normalized spacial score (nSPS) is 11.8. The smallest absolute Gasteiger partial charge is 0.176 e. The van der Waals surface area contributed by atoms with E-state index in [1.54, 1.807) is 18.2 Å². The molecule has 0 radical (unpaired) electrons. The van der Waals surface area contributed by atoms with Crippen molar-refractivity contribution in [2.45, 2.75) is 38.9 Å². The fourth-order valence-corrected chi connectivity index (χ4v) is 2.66. The van der Waals surface area contributed by atoms with Gasteiger partial charge in [-0.2, -0.15) is 0 Å². The van der Waals surface area contributed by atoms with Crippen LogP contribution in [0.15, 0.2) is 18.2 Å². The van der Waals surface area contributed by atoms with Gasteiger partial charge in [-0.15, -0.1) is 0 Å². The Morgan fingerprint density at radius 3 is 2.22 bits per heavy atom. The Morgan fingerprint density at radius 2 is 1.78 bits per heavy atom. The van der Waals surface area contributed by atoms with Crippen molar-refractivity contribution in [2.75, 3.05) is 0 Å². The number of benzene rings is 1. The molecule has 0 aliphatic rings. The first-order chi connectivity index (χ1) is 8.41. The maximum Gasteiger partial charge on any atom is 0.176 e. The maximum absolute atomic E-state index is 12.0. The van der Waals surface area contributed by atoms with Gasteiger partial charge in [0.1, 0.15) is 0 Å². The second-order valence-electron chi connectivity index (χ2n) is 4.09. The van der Waals surface area contributed by atoms with Crippen LogP contribution in [0.1, 0.15) is 44.5 Å². The topological polar surface area (TPSA) is 17.1 Å². The number of hydrogen-bond acceptors (Lipinski definition) is 1. The van der Waals surface area contributed by atoms with E-state index in [1.807, 2.05) is 13.8 Å². The number of Topliss-reactive ketones (excluding diaryl/α,β-unsaturated/α-hetero) is 1. The second kappa shape index (κ2) is 8.95. The summed E-state index contributed by atoms with van der Waals surface area (Å²) in [6.45, 7) is 8.16. The average molecular weight is 354 g/mol. The number of ketones is 1. The predicted octanol–water partition coefficient (Wildman–Crippen LogP) is 6.01. The van der Waals surface area contributed by atoms with Crippen LogP contribution >= 0.6 is 39.1 Å². The molecule has 0 N–H and O–H groups in total. The predicted molar refractivity (Wildman–Crippen MR) is 84.3 cm³/mol. The molecule has 1 aromatic rings. The largest absolute Gasteiger partial charge is 0.293 e. The molecule has 0 aliphatic carbocycles. The van der Waals surface area contributed by atoms with Gasteiger partial charge in [-0.1, -0.05) is 66.8 Å². The third-order valence-electron chi connectivity index (χ3n) is 2.17. The molecule has 0 fully saturated rings. The van der Waals surface area contributed by atoms with Crippen LogP contribution in [0.5, 0.6) is 0 Å². The molecule has 102 valence electrons. The van der Waals surface area contributed by atoms with Crippen LogP contribution in [0.25, 0.3) is 0 Å². The highest BCUT2D eigenvalue weighted by atomic mass is 79.9. The van der Waals surface area contributed by atoms with Crippen LogP contribution < -0.4 is 0 Å². The number of carbonyl (C=O) groups excluding carboxylic acids is 1. The van der Waals surface area contributed by atoms with Crippen molar-refractivity contribution >= 4 is 44.9 Å². The molecule has 0 aromatic heterocycles. The summed E-state index contributed by atoms with van der Waals surface area (Å²) in [5.41, 5.74) is 0.594. The lowest BCUT2D eigenvalue weighted by atomic mass is 10.0. The molecule has 0 saturated heterocycles. The molecule has 1 atom stereocenters. The van der Waals surface area contributed by atoms with Gasteiger partial charge in [0.2, 0.25) is 0 Å². The van der Waals surface area contributed by atoms with E-state index >= 15 is 0 Å². The Kier molecular flexibility index (Phi) is 8.93. The van der Waals surface area contributed by atoms with Crippen molar-refractivity contribution in [2.24, 2.45) is 5.92 Å². The summed E-state index contributed by atoms with van der Waals surface area (Å²) >= 11 is 15.1. The van der Waals surface area contributed by atoms with Crippen molar-refractivity contribution in [3.05, 3.63) is 33.8 Å². The summed E-state index contributed by atoms with van der Waals surface area (Å²) in [5, 5.41) is 0.880. The molecule has 1 aromatic carbocycles. The summed E-state index contributed by atoms with van der Waals surface area (Å²) in [7, 11) is 0. The third kappa shape index (κ3) is 5.73. The lowest BCUT2D eigenvalue weighted by Crippen LogP contribution is -2.16. The summed E-state index contributed by atoms with van der Waals surface area (Å²) in [4.78, 5) is 11.8. The Balaban J connectivity index is 0.00000137. The van der Waals surface area contributed by atoms with Gasteiger partial charge in [0.15, 0.2) is 5.78 Å². The van der Waals surface area contributed by atoms with E-state index in [0.29, 0.717) is 21.5 Å². The summed E-state index contributed by atoms with van der Waals surface area (Å²) in [6.07, 6.45) is 0.805. The number of rotatable bonds is 4. The summed E-state index contributed by atoms with van der Waals surface area (Å²) < 4.78 is 0. The van der Waals surface area contributed by atoms with Crippen molar-refractivity contribution in [1.82, 2.24) is 0 Å². The Hall–Kier alpha value is -0.0500. The van der Waals surface area contributed by atoms with Crippen molar-refractivity contribution < 1.29 is 4.79 Å². The van der Waals surface area contributed by atoms with Gasteiger partial charge < -0.3 is 0 Å². The number of alkyl halides is 1. The quantitative estimate of drug-likeness (QED) is 0.478. The van der Waals surface area contributed by atoms with Gasteiger partial charge in [0, 0.05) is 5.56 Å². The van der Waals surface area contributed by atoms with Crippen molar-refractivity contribution in [3.8, 4) is 0 Å². The molecule has 0 heterocycles. The van der Waals surface area contributed by atoms with Crippen LogP contribution in [0, 0.1) is 5.92 Å². The zero-order chi connectivity index (χ0) is 14.3. The highest BCUT2D eigenvalue weighted by molar-refractivity contribution is 9.10. The van der Waals surface area contributed by atoms with Gasteiger partial charge in [-0.05, 0) is 30.5 Å². The van der Waals surface area contributed by atoms with E-state index in [-0.39, 0.29) is 10.6 Å². The Morgan fingerprint density at radius 1 is 1.22 bits per heavy atom. The third-order valence-corrected chi connectivity index (χ3v) is 3.70. The van der Waals surface area contributed by atoms with Gasteiger partial charge in [-0.3, -0.25) is 4.79 Å². The molecule has 18 heavy (non-hydrogen) atoms. The minimum atomic E-state index is -0.162. The molecule has 1 unspecified atom stereocenters. The second-order valence-corrected chi connectivity index (χ2v) is 6.01. The highest BCUT2D eigenvalue weighted by Crippen LogP contribution is 2.25. The van der Waals surface area contributed by atoms with Crippen LogP contribution in [-0.2, 0) is 0 Å². The Bertz CT molecular complexity index is 391. The van der Waals surface area contributed by atoms with E-state index in [4.69, 9.17) is 23.2 Å². The first-order valence-electron chi connectivity index (χ1n) is 6.05.